The summed E-state index contributed by atoms with van der Waals surface area (Å²) in [5.41, 5.74) is 0.574. The van der Waals surface area contributed by atoms with Gasteiger partial charge < -0.3 is 5.32 Å². The molecule has 2 aromatic rings. The first-order valence-electron chi connectivity index (χ1n) is 7.94. The van der Waals surface area contributed by atoms with E-state index in [1.54, 1.807) is 6.07 Å². The maximum Gasteiger partial charge on any atom is 0.416 e. The van der Waals surface area contributed by atoms with Crippen molar-refractivity contribution in [3.63, 3.8) is 0 Å². The number of allylic oxidation sites excluding steroid dienone is 2. The summed E-state index contributed by atoms with van der Waals surface area (Å²) in [5, 5.41) is 3.06. The van der Waals surface area contributed by atoms with Gasteiger partial charge in [0.2, 0.25) is 0 Å². The zero-order valence-corrected chi connectivity index (χ0v) is 14.5. The molecule has 1 aliphatic heterocycles. The fourth-order valence-corrected chi connectivity index (χ4v) is 4.40. The summed E-state index contributed by atoms with van der Waals surface area (Å²) < 4.78 is 55.5. The molecule has 1 nitrogen and oxygen atoms in total. The Kier molecular flexibility index (Phi) is 3.90. The molecule has 0 saturated carbocycles. The molecule has 1 N–H and O–H groups in total. The standard InChI is InChI=1S/C19H14BrF4N/c20-10-8-14-11-5-3-6-12(11)17(25-18(14)16(21)9-10)13-4-1-2-7-15(13)19(22,23)24/h1-5,7-9,11-12,17,25H,6H2/t11?,12?,17-/m0/s1. The van der Waals surface area contributed by atoms with Gasteiger partial charge in [-0.15, -0.1) is 0 Å². The van der Waals surface area contributed by atoms with Crippen LogP contribution >= 0.6 is 15.9 Å². The van der Waals surface area contributed by atoms with Crippen LogP contribution in [0.1, 0.15) is 35.1 Å². The van der Waals surface area contributed by atoms with Crippen LogP contribution in [0.4, 0.5) is 23.2 Å². The number of alkyl halides is 3. The Labute approximate surface area is 150 Å². The van der Waals surface area contributed by atoms with E-state index in [9.17, 15) is 17.6 Å². The number of fused-ring (bicyclic) bond motifs is 3. The summed E-state index contributed by atoms with van der Waals surface area (Å²) in [6.45, 7) is 0. The van der Waals surface area contributed by atoms with Crippen LogP contribution in [-0.4, -0.2) is 0 Å². The van der Waals surface area contributed by atoms with Gasteiger partial charge in [-0.3, -0.25) is 0 Å². The van der Waals surface area contributed by atoms with Gasteiger partial charge in [0.1, 0.15) is 5.82 Å². The van der Waals surface area contributed by atoms with E-state index in [-0.39, 0.29) is 23.1 Å². The highest BCUT2D eigenvalue weighted by Crippen LogP contribution is 2.52. The van der Waals surface area contributed by atoms with Crippen LogP contribution in [0, 0.1) is 11.7 Å². The van der Waals surface area contributed by atoms with E-state index in [4.69, 9.17) is 0 Å². The highest BCUT2D eigenvalue weighted by atomic mass is 79.9. The first-order valence-corrected chi connectivity index (χ1v) is 8.74. The Hall–Kier alpha value is -1.82. The SMILES string of the molecule is Fc1cc(Br)cc2c1N[C@H](c1ccccc1C(F)(F)F)C1CC=CC21. The molecule has 2 unspecified atom stereocenters. The third-order valence-electron chi connectivity index (χ3n) is 4.99. The van der Waals surface area contributed by atoms with Crippen molar-refractivity contribution < 1.29 is 17.6 Å². The van der Waals surface area contributed by atoms with Crippen LogP contribution in [0.3, 0.4) is 0 Å². The first-order chi connectivity index (χ1) is 11.9. The molecule has 0 fully saturated rings. The third kappa shape index (κ3) is 2.76. The smallest absolute Gasteiger partial charge is 0.375 e. The normalized spacial score (nSPS) is 24.6. The second-order valence-corrected chi connectivity index (χ2v) is 7.33. The fourth-order valence-electron chi connectivity index (χ4n) is 3.96. The second-order valence-electron chi connectivity index (χ2n) is 6.41. The quantitative estimate of drug-likeness (QED) is 0.420. The van der Waals surface area contributed by atoms with Crippen LogP contribution in [0.25, 0.3) is 0 Å². The Morgan fingerprint density at radius 1 is 1.08 bits per heavy atom. The molecule has 0 radical (unpaired) electrons. The van der Waals surface area contributed by atoms with Crippen molar-refractivity contribution in [1.82, 2.24) is 0 Å². The monoisotopic (exact) mass is 411 g/mol. The lowest BCUT2D eigenvalue weighted by Gasteiger charge is -2.38. The molecule has 3 atom stereocenters. The molecule has 2 aliphatic rings. The number of hydrogen-bond acceptors (Lipinski definition) is 1. The molecule has 2 aromatic carbocycles. The van der Waals surface area contributed by atoms with E-state index in [2.05, 4.69) is 21.2 Å². The van der Waals surface area contributed by atoms with E-state index >= 15 is 0 Å². The van der Waals surface area contributed by atoms with Gasteiger partial charge in [-0.1, -0.05) is 46.3 Å². The number of nitrogens with one attached hydrogen (secondary N) is 1. The van der Waals surface area contributed by atoms with Gasteiger partial charge in [0, 0.05) is 10.4 Å². The zero-order chi connectivity index (χ0) is 17.8. The number of anilines is 1. The Bertz CT molecular complexity index is 859. The summed E-state index contributed by atoms with van der Waals surface area (Å²) in [4.78, 5) is 0. The van der Waals surface area contributed by atoms with E-state index in [1.165, 1.54) is 18.2 Å². The van der Waals surface area contributed by atoms with E-state index in [0.717, 1.165) is 11.6 Å². The molecule has 0 amide bonds. The molecule has 6 heteroatoms. The average Bonchev–Trinajstić information content (AvgIpc) is 3.03. The van der Waals surface area contributed by atoms with Crippen LogP contribution in [0.5, 0.6) is 0 Å². The first kappa shape index (κ1) is 16.6. The lowest BCUT2D eigenvalue weighted by Crippen LogP contribution is -2.31. The van der Waals surface area contributed by atoms with Crippen LogP contribution in [0.15, 0.2) is 53.0 Å². The topological polar surface area (TPSA) is 12.0 Å². The van der Waals surface area contributed by atoms with Crippen molar-refractivity contribution in [1.29, 1.82) is 0 Å². The van der Waals surface area contributed by atoms with E-state index < -0.39 is 23.6 Å². The summed E-state index contributed by atoms with van der Waals surface area (Å²) in [5.74, 6) is -0.642. The summed E-state index contributed by atoms with van der Waals surface area (Å²) in [6, 6.07) is 8.12. The minimum Gasteiger partial charge on any atom is -0.375 e. The molecule has 25 heavy (non-hydrogen) atoms. The van der Waals surface area contributed by atoms with Crippen molar-refractivity contribution in [3.05, 3.63) is 75.5 Å². The lowest BCUT2D eigenvalue weighted by molar-refractivity contribution is -0.138. The zero-order valence-electron chi connectivity index (χ0n) is 12.9. The summed E-state index contributed by atoms with van der Waals surface area (Å²) >= 11 is 3.30. The van der Waals surface area contributed by atoms with Crippen LogP contribution < -0.4 is 5.32 Å². The highest BCUT2D eigenvalue weighted by molar-refractivity contribution is 9.10. The molecule has 0 saturated heterocycles. The largest absolute Gasteiger partial charge is 0.416 e. The van der Waals surface area contributed by atoms with Crippen molar-refractivity contribution in [2.24, 2.45) is 5.92 Å². The van der Waals surface area contributed by atoms with Crippen molar-refractivity contribution in [2.75, 3.05) is 5.32 Å². The van der Waals surface area contributed by atoms with Crippen LogP contribution in [0.2, 0.25) is 0 Å². The van der Waals surface area contributed by atoms with Gasteiger partial charge in [-0.05, 0) is 41.7 Å². The molecule has 1 aliphatic carbocycles. The predicted octanol–water partition coefficient (Wildman–Crippen LogP) is 6.43. The van der Waals surface area contributed by atoms with Gasteiger partial charge in [0.05, 0.1) is 17.3 Å². The molecule has 130 valence electrons. The molecule has 0 spiro atoms. The van der Waals surface area contributed by atoms with Crippen molar-refractivity contribution >= 4 is 21.6 Å². The molecule has 0 aromatic heterocycles. The molecular formula is C19H14BrF4N. The number of halogens is 5. The minimum atomic E-state index is -4.45. The Morgan fingerprint density at radius 2 is 1.84 bits per heavy atom. The highest BCUT2D eigenvalue weighted by Gasteiger charge is 2.43. The summed E-state index contributed by atoms with van der Waals surface area (Å²) in [7, 11) is 0. The fraction of sp³-hybridized carbons (Fsp3) is 0.263. The van der Waals surface area contributed by atoms with Gasteiger partial charge in [0.15, 0.2) is 0 Å². The lowest BCUT2D eigenvalue weighted by atomic mass is 9.76. The molecular weight excluding hydrogens is 398 g/mol. The molecule has 4 rings (SSSR count). The van der Waals surface area contributed by atoms with Gasteiger partial charge in [0.25, 0.3) is 0 Å². The van der Waals surface area contributed by atoms with E-state index in [0.29, 0.717) is 10.9 Å². The predicted molar refractivity (Wildman–Crippen MR) is 91.9 cm³/mol. The Balaban J connectivity index is 1.86. The summed E-state index contributed by atoms with van der Waals surface area (Å²) in [6.07, 6.45) is 0.147. The maximum atomic E-state index is 14.5. The van der Waals surface area contributed by atoms with Gasteiger partial charge >= 0.3 is 6.18 Å². The van der Waals surface area contributed by atoms with Gasteiger partial charge in [-0.2, -0.15) is 13.2 Å². The average molecular weight is 412 g/mol. The number of rotatable bonds is 1. The van der Waals surface area contributed by atoms with Crippen molar-refractivity contribution in [2.45, 2.75) is 24.6 Å². The number of hydrogen-bond donors (Lipinski definition) is 1. The third-order valence-corrected chi connectivity index (χ3v) is 5.44. The number of benzene rings is 2. The van der Waals surface area contributed by atoms with Crippen LogP contribution in [-0.2, 0) is 6.18 Å². The van der Waals surface area contributed by atoms with Gasteiger partial charge in [-0.25, -0.2) is 4.39 Å². The molecule has 1 heterocycles. The van der Waals surface area contributed by atoms with Crippen molar-refractivity contribution in [3.8, 4) is 0 Å². The Morgan fingerprint density at radius 3 is 2.60 bits per heavy atom. The van der Waals surface area contributed by atoms with E-state index in [1.807, 2.05) is 18.2 Å². The maximum absolute atomic E-state index is 14.5. The molecule has 0 bridgehead atoms. The minimum absolute atomic E-state index is 0.0790. The second kappa shape index (κ2) is 5.87.